The number of amides is 2. The van der Waals surface area contributed by atoms with Gasteiger partial charge in [-0.15, -0.1) is 0 Å². The van der Waals surface area contributed by atoms with E-state index in [-0.39, 0.29) is 11.3 Å². The molecule has 0 radical (unpaired) electrons. The molecule has 0 atom stereocenters. The van der Waals surface area contributed by atoms with Gasteiger partial charge < -0.3 is 15.0 Å². The largest absolute Gasteiger partial charge is 0.449 e. The van der Waals surface area contributed by atoms with Crippen molar-refractivity contribution in [1.82, 2.24) is 9.97 Å². The normalized spacial score (nSPS) is 11.3. The van der Waals surface area contributed by atoms with Crippen molar-refractivity contribution in [1.29, 1.82) is 0 Å². The number of pyridine rings is 1. The third-order valence-electron chi connectivity index (χ3n) is 3.85. The summed E-state index contributed by atoms with van der Waals surface area (Å²) >= 11 is 0. The van der Waals surface area contributed by atoms with Gasteiger partial charge in [0.2, 0.25) is 5.91 Å². The number of rotatable bonds is 4. The Kier molecular flexibility index (Phi) is 5.35. The van der Waals surface area contributed by atoms with E-state index in [0.29, 0.717) is 17.9 Å². The summed E-state index contributed by atoms with van der Waals surface area (Å²) in [7, 11) is 0. The zero-order valence-electron chi connectivity index (χ0n) is 16.4. The molecule has 0 spiro atoms. The van der Waals surface area contributed by atoms with Crippen LogP contribution >= 0.6 is 0 Å². The molecule has 3 rings (SSSR count). The summed E-state index contributed by atoms with van der Waals surface area (Å²) in [6, 6.07) is 11.3. The second kappa shape index (κ2) is 7.72. The molecule has 7 heteroatoms. The maximum absolute atomic E-state index is 11.9. The molecule has 1 aromatic carbocycles. The lowest BCUT2D eigenvalue weighted by molar-refractivity contribution is -0.114. The average molecular weight is 380 g/mol. The number of hydrogen-bond acceptors (Lipinski definition) is 4. The van der Waals surface area contributed by atoms with Crippen LogP contribution in [0.15, 0.2) is 42.6 Å². The van der Waals surface area contributed by atoms with Crippen molar-refractivity contribution in [3.8, 4) is 11.3 Å². The first kappa shape index (κ1) is 19.4. The van der Waals surface area contributed by atoms with Crippen molar-refractivity contribution in [3.05, 3.63) is 42.6 Å². The summed E-state index contributed by atoms with van der Waals surface area (Å²) in [4.78, 5) is 30.8. The predicted octanol–water partition coefficient (Wildman–Crippen LogP) is 4.78. The van der Waals surface area contributed by atoms with Crippen LogP contribution in [-0.2, 0) is 9.53 Å². The second-order valence-corrected chi connectivity index (χ2v) is 7.87. The van der Waals surface area contributed by atoms with Crippen molar-refractivity contribution < 1.29 is 14.3 Å². The van der Waals surface area contributed by atoms with Crippen LogP contribution in [0.5, 0.6) is 0 Å². The quantitative estimate of drug-likeness (QED) is 0.607. The fourth-order valence-electron chi connectivity index (χ4n) is 2.64. The van der Waals surface area contributed by atoms with Crippen LogP contribution in [0.3, 0.4) is 0 Å². The smallest absolute Gasteiger partial charge is 0.411 e. The highest BCUT2D eigenvalue weighted by atomic mass is 16.5. The molecule has 2 heterocycles. The fourth-order valence-corrected chi connectivity index (χ4v) is 2.64. The Balaban J connectivity index is 1.78. The number of H-pyrrole nitrogens is 1. The number of aromatic amines is 1. The number of carbonyl (C=O) groups excluding carboxylic acids is 2. The molecule has 2 aromatic heterocycles. The molecule has 28 heavy (non-hydrogen) atoms. The van der Waals surface area contributed by atoms with Crippen LogP contribution < -0.4 is 10.6 Å². The highest BCUT2D eigenvalue weighted by Crippen LogP contribution is 2.27. The van der Waals surface area contributed by atoms with Crippen LogP contribution in [0.1, 0.15) is 27.7 Å². The van der Waals surface area contributed by atoms with Gasteiger partial charge in [0, 0.05) is 29.3 Å². The lowest BCUT2D eigenvalue weighted by atomic mass is 9.99. The maximum Gasteiger partial charge on any atom is 0.411 e. The van der Waals surface area contributed by atoms with Gasteiger partial charge >= 0.3 is 6.09 Å². The first-order valence-electron chi connectivity index (χ1n) is 9.00. The predicted molar refractivity (Wildman–Crippen MR) is 110 cm³/mol. The molecular formula is C21H24N4O3. The van der Waals surface area contributed by atoms with Gasteiger partial charge in [-0.05, 0) is 29.7 Å². The molecule has 2 amide bonds. The van der Waals surface area contributed by atoms with Crippen molar-refractivity contribution in [2.24, 2.45) is 5.41 Å². The summed E-state index contributed by atoms with van der Waals surface area (Å²) in [6.45, 7) is 7.79. The number of aromatic nitrogens is 2. The zero-order chi connectivity index (χ0) is 20.3. The highest BCUT2D eigenvalue weighted by molar-refractivity contribution is 5.92. The van der Waals surface area contributed by atoms with E-state index in [1.807, 2.05) is 57.2 Å². The number of fused-ring (bicyclic) bond motifs is 1. The van der Waals surface area contributed by atoms with Gasteiger partial charge in [0.05, 0.1) is 18.5 Å². The molecule has 0 unspecified atom stereocenters. The van der Waals surface area contributed by atoms with Gasteiger partial charge in [0.25, 0.3) is 0 Å². The highest BCUT2D eigenvalue weighted by Gasteiger charge is 2.14. The molecule has 0 aliphatic heterocycles. The summed E-state index contributed by atoms with van der Waals surface area (Å²) in [5, 5.41) is 6.33. The number of nitrogens with zero attached hydrogens (tertiary/aromatic N) is 1. The maximum atomic E-state index is 11.9. The molecule has 0 saturated carbocycles. The van der Waals surface area contributed by atoms with Crippen LogP contribution in [0, 0.1) is 5.41 Å². The van der Waals surface area contributed by atoms with E-state index >= 15 is 0 Å². The van der Waals surface area contributed by atoms with E-state index in [1.54, 1.807) is 6.20 Å². The summed E-state index contributed by atoms with van der Waals surface area (Å²) in [5.74, 6) is -0.121. The standard InChI is InChI=1S/C21H24N4O3/c1-13(26)23-16-7-5-6-14(8-16)18-10-15-9-17(11-22-19(15)25-18)24-20(27)28-12-21(2,3)4/h5-11H,12H2,1-4H3,(H,22,25)(H,23,26)(H,24,27). The number of ether oxygens (including phenoxy) is 1. The third-order valence-corrected chi connectivity index (χ3v) is 3.85. The van der Waals surface area contributed by atoms with E-state index < -0.39 is 6.09 Å². The molecule has 0 saturated heterocycles. The van der Waals surface area contributed by atoms with Gasteiger partial charge in [0.1, 0.15) is 5.65 Å². The van der Waals surface area contributed by atoms with Crippen LogP contribution in [0.4, 0.5) is 16.2 Å². The zero-order valence-corrected chi connectivity index (χ0v) is 16.4. The summed E-state index contributed by atoms with van der Waals surface area (Å²) < 4.78 is 5.22. The second-order valence-electron chi connectivity index (χ2n) is 7.87. The fraction of sp³-hybridized carbons (Fsp3) is 0.286. The van der Waals surface area contributed by atoms with E-state index in [4.69, 9.17) is 4.74 Å². The SMILES string of the molecule is CC(=O)Nc1cccc(-c2cc3cc(NC(=O)OCC(C)(C)C)cnc3[nH]2)c1. The Hall–Kier alpha value is -3.35. The molecule has 0 fully saturated rings. The van der Waals surface area contributed by atoms with Crippen molar-refractivity contribution >= 4 is 34.4 Å². The number of nitrogens with one attached hydrogen (secondary N) is 3. The lowest BCUT2D eigenvalue weighted by Gasteiger charge is -2.17. The van der Waals surface area contributed by atoms with Crippen molar-refractivity contribution in [2.45, 2.75) is 27.7 Å². The van der Waals surface area contributed by atoms with Crippen LogP contribution in [0.25, 0.3) is 22.3 Å². The molecule has 7 nitrogen and oxygen atoms in total. The molecule has 3 aromatic rings. The van der Waals surface area contributed by atoms with E-state index in [1.165, 1.54) is 6.92 Å². The minimum absolute atomic E-state index is 0.0964. The number of anilines is 2. The molecular weight excluding hydrogens is 356 g/mol. The summed E-state index contributed by atoms with van der Waals surface area (Å²) in [6.07, 6.45) is 1.07. The van der Waals surface area contributed by atoms with Gasteiger partial charge in [-0.3, -0.25) is 10.1 Å². The molecule has 0 aliphatic carbocycles. The number of carbonyl (C=O) groups is 2. The van der Waals surface area contributed by atoms with Gasteiger partial charge in [0.15, 0.2) is 0 Å². The molecule has 146 valence electrons. The Labute approximate surface area is 163 Å². The minimum Gasteiger partial charge on any atom is -0.449 e. The molecule has 3 N–H and O–H groups in total. The molecule has 0 aliphatic rings. The Morgan fingerprint density at radius 1 is 1.11 bits per heavy atom. The van der Waals surface area contributed by atoms with Crippen molar-refractivity contribution in [3.63, 3.8) is 0 Å². The van der Waals surface area contributed by atoms with E-state index in [0.717, 1.165) is 22.3 Å². The monoisotopic (exact) mass is 380 g/mol. The Morgan fingerprint density at radius 2 is 1.89 bits per heavy atom. The van der Waals surface area contributed by atoms with Crippen molar-refractivity contribution in [2.75, 3.05) is 17.2 Å². The summed E-state index contributed by atoms with van der Waals surface area (Å²) in [5.41, 5.74) is 3.67. The third kappa shape index (κ3) is 5.09. The van der Waals surface area contributed by atoms with E-state index in [2.05, 4.69) is 20.6 Å². The topological polar surface area (TPSA) is 96.1 Å². The van der Waals surface area contributed by atoms with Gasteiger partial charge in [-0.25, -0.2) is 9.78 Å². The Bertz CT molecular complexity index is 1020. The van der Waals surface area contributed by atoms with E-state index in [9.17, 15) is 9.59 Å². The molecule has 0 bridgehead atoms. The Morgan fingerprint density at radius 3 is 2.61 bits per heavy atom. The first-order chi connectivity index (χ1) is 13.2. The van der Waals surface area contributed by atoms with Gasteiger partial charge in [-0.1, -0.05) is 32.9 Å². The van der Waals surface area contributed by atoms with Crippen LogP contribution in [-0.4, -0.2) is 28.6 Å². The number of benzene rings is 1. The minimum atomic E-state index is -0.505. The number of hydrogen-bond donors (Lipinski definition) is 3. The van der Waals surface area contributed by atoms with Crippen LogP contribution in [0.2, 0.25) is 0 Å². The average Bonchev–Trinajstić information content (AvgIpc) is 3.02. The first-order valence-corrected chi connectivity index (χ1v) is 9.00. The lowest BCUT2D eigenvalue weighted by Crippen LogP contribution is -2.21. The van der Waals surface area contributed by atoms with Gasteiger partial charge in [-0.2, -0.15) is 0 Å².